The van der Waals surface area contributed by atoms with Gasteiger partial charge in [-0.15, -0.1) is 12.4 Å². The average molecular weight is 255 g/mol. The number of rotatable bonds is 1. The van der Waals surface area contributed by atoms with Gasteiger partial charge in [0.1, 0.15) is 0 Å². The molecule has 1 saturated heterocycles. The highest BCUT2D eigenvalue weighted by Crippen LogP contribution is 2.16. The zero-order valence-electron chi connectivity index (χ0n) is 10.3. The van der Waals surface area contributed by atoms with Crippen molar-refractivity contribution in [1.82, 2.24) is 4.90 Å². The Hall–Kier alpha value is -1.06. The van der Waals surface area contributed by atoms with E-state index in [4.69, 9.17) is 5.73 Å². The molecule has 17 heavy (non-hydrogen) atoms. The molecule has 0 aromatic heterocycles. The quantitative estimate of drug-likeness (QED) is 0.832. The Morgan fingerprint density at radius 1 is 1.41 bits per heavy atom. The van der Waals surface area contributed by atoms with E-state index < -0.39 is 0 Å². The topological polar surface area (TPSA) is 46.3 Å². The van der Waals surface area contributed by atoms with Gasteiger partial charge in [0.05, 0.1) is 0 Å². The van der Waals surface area contributed by atoms with E-state index in [9.17, 15) is 4.79 Å². The Balaban J connectivity index is 0.00000144. The van der Waals surface area contributed by atoms with E-state index in [1.165, 1.54) is 0 Å². The molecule has 2 N–H and O–H groups in total. The zero-order valence-corrected chi connectivity index (χ0v) is 11.1. The van der Waals surface area contributed by atoms with Crippen molar-refractivity contribution < 1.29 is 4.79 Å². The number of nitrogens with two attached hydrogens (primary N) is 1. The molecule has 2 rings (SSSR count). The third-order valence-corrected chi connectivity index (χ3v) is 3.14. The van der Waals surface area contributed by atoms with Crippen LogP contribution in [0, 0.1) is 13.8 Å². The van der Waals surface area contributed by atoms with Gasteiger partial charge in [-0.25, -0.2) is 0 Å². The first kappa shape index (κ1) is 14.0. The lowest BCUT2D eigenvalue weighted by Crippen LogP contribution is -2.32. The molecule has 0 unspecified atom stereocenters. The molecule has 1 aromatic rings. The molecule has 1 aliphatic heterocycles. The molecule has 1 aliphatic rings. The molecule has 1 aromatic carbocycles. The molecule has 0 radical (unpaired) electrons. The Morgan fingerprint density at radius 2 is 2.12 bits per heavy atom. The summed E-state index contributed by atoms with van der Waals surface area (Å²) in [6, 6.07) is 6.14. The van der Waals surface area contributed by atoms with Crippen LogP contribution in [-0.4, -0.2) is 29.9 Å². The Morgan fingerprint density at radius 3 is 2.71 bits per heavy atom. The number of aryl methyl sites for hydroxylation is 2. The molecule has 3 nitrogen and oxygen atoms in total. The first-order chi connectivity index (χ1) is 7.58. The Bertz CT molecular complexity index is 420. The monoisotopic (exact) mass is 254 g/mol. The van der Waals surface area contributed by atoms with Crippen molar-refractivity contribution in [2.75, 3.05) is 13.1 Å². The van der Waals surface area contributed by atoms with Gasteiger partial charge in [-0.05, 0) is 31.9 Å². The number of carbonyl (C=O) groups is 1. The number of likely N-dealkylation sites (tertiary alicyclic amines) is 1. The predicted octanol–water partition coefficient (Wildman–Crippen LogP) is 1.90. The van der Waals surface area contributed by atoms with Gasteiger partial charge in [0.25, 0.3) is 5.91 Å². The standard InChI is InChI=1S/C13H18N2O.ClH/c1-9-3-4-10(2)12(7-9)13(16)15-6-5-11(14)8-15;/h3-4,7,11H,5-6,8,14H2,1-2H3;1H/t11-;/m0./s1. The SMILES string of the molecule is Cc1ccc(C)c(C(=O)N2CC[C@H](N)C2)c1.Cl. The molecule has 0 bridgehead atoms. The van der Waals surface area contributed by atoms with Gasteiger partial charge in [0, 0.05) is 24.7 Å². The fraction of sp³-hybridized carbons (Fsp3) is 0.462. The van der Waals surface area contributed by atoms with Crippen LogP contribution in [0.25, 0.3) is 0 Å². The van der Waals surface area contributed by atoms with Crippen LogP contribution >= 0.6 is 12.4 Å². The summed E-state index contributed by atoms with van der Waals surface area (Å²) in [5, 5.41) is 0. The van der Waals surface area contributed by atoms with Crippen molar-refractivity contribution in [2.24, 2.45) is 5.73 Å². The molecule has 4 heteroatoms. The van der Waals surface area contributed by atoms with Gasteiger partial charge >= 0.3 is 0 Å². The first-order valence-electron chi connectivity index (χ1n) is 5.70. The molecule has 1 heterocycles. The van der Waals surface area contributed by atoms with Crippen molar-refractivity contribution in [1.29, 1.82) is 0 Å². The van der Waals surface area contributed by atoms with Gasteiger partial charge in [-0.2, -0.15) is 0 Å². The summed E-state index contributed by atoms with van der Waals surface area (Å²) >= 11 is 0. The summed E-state index contributed by atoms with van der Waals surface area (Å²) < 4.78 is 0. The fourth-order valence-corrected chi connectivity index (χ4v) is 2.11. The van der Waals surface area contributed by atoms with Crippen LogP contribution in [0.4, 0.5) is 0 Å². The van der Waals surface area contributed by atoms with Crippen molar-refractivity contribution in [3.63, 3.8) is 0 Å². The largest absolute Gasteiger partial charge is 0.337 e. The van der Waals surface area contributed by atoms with Crippen LogP contribution in [0.1, 0.15) is 27.9 Å². The third-order valence-electron chi connectivity index (χ3n) is 3.14. The molecule has 1 fully saturated rings. The summed E-state index contributed by atoms with van der Waals surface area (Å²) in [6.07, 6.45) is 0.913. The lowest BCUT2D eigenvalue weighted by molar-refractivity contribution is 0.0790. The van der Waals surface area contributed by atoms with E-state index in [0.29, 0.717) is 6.54 Å². The summed E-state index contributed by atoms with van der Waals surface area (Å²) in [7, 11) is 0. The van der Waals surface area contributed by atoms with Crippen molar-refractivity contribution >= 4 is 18.3 Å². The smallest absolute Gasteiger partial charge is 0.254 e. The number of nitrogens with zero attached hydrogens (tertiary/aromatic N) is 1. The zero-order chi connectivity index (χ0) is 11.7. The van der Waals surface area contributed by atoms with Crippen LogP contribution in [-0.2, 0) is 0 Å². The Kier molecular flexibility index (Phi) is 4.54. The second-order valence-electron chi connectivity index (χ2n) is 4.62. The van der Waals surface area contributed by atoms with Gasteiger partial charge < -0.3 is 10.6 Å². The number of carbonyl (C=O) groups excluding carboxylic acids is 1. The second-order valence-corrected chi connectivity index (χ2v) is 4.62. The third kappa shape index (κ3) is 2.99. The van der Waals surface area contributed by atoms with Crippen LogP contribution in [0.2, 0.25) is 0 Å². The fourth-order valence-electron chi connectivity index (χ4n) is 2.11. The van der Waals surface area contributed by atoms with E-state index in [1.807, 2.05) is 36.9 Å². The van der Waals surface area contributed by atoms with Crippen molar-refractivity contribution in [3.05, 3.63) is 34.9 Å². The number of halogens is 1. The summed E-state index contributed by atoms with van der Waals surface area (Å²) in [5.74, 6) is 0.120. The maximum Gasteiger partial charge on any atom is 0.254 e. The van der Waals surface area contributed by atoms with E-state index >= 15 is 0 Å². The minimum absolute atomic E-state index is 0. The number of hydrogen-bond donors (Lipinski definition) is 1. The minimum atomic E-state index is 0. The minimum Gasteiger partial charge on any atom is -0.337 e. The Labute approximate surface area is 108 Å². The van der Waals surface area contributed by atoms with E-state index in [2.05, 4.69) is 0 Å². The molecule has 0 spiro atoms. The number of benzene rings is 1. The van der Waals surface area contributed by atoms with Crippen molar-refractivity contribution in [3.8, 4) is 0 Å². The summed E-state index contributed by atoms with van der Waals surface area (Å²) in [4.78, 5) is 14.1. The van der Waals surface area contributed by atoms with E-state index in [-0.39, 0.29) is 24.4 Å². The highest BCUT2D eigenvalue weighted by molar-refractivity contribution is 5.96. The predicted molar refractivity (Wildman–Crippen MR) is 71.7 cm³/mol. The van der Waals surface area contributed by atoms with Gasteiger partial charge in [0.15, 0.2) is 0 Å². The summed E-state index contributed by atoms with van der Waals surface area (Å²) in [5.41, 5.74) is 8.79. The van der Waals surface area contributed by atoms with Gasteiger partial charge in [-0.3, -0.25) is 4.79 Å². The molecule has 94 valence electrons. The molecule has 1 amide bonds. The van der Waals surface area contributed by atoms with Crippen molar-refractivity contribution in [2.45, 2.75) is 26.3 Å². The lowest BCUT2D eigenvalue weighted by atomic mass is 10.0. The molecule has 0 aliphatic carbocycles. The van der Waals surface area contributed by atoms with Crippen LogP contribution in [0.5, 0.6) is 0 Å². The molecule has 0 saturated carbocycles. The summed E-state index contributed by atoms with van der Waals surface area (Å²) in [6.45, 7) is 5.45. The van der Waals surface area contributed by atoms with Crippen LogP contribution in [0.15, 0.2) is 18.2 Å². The highest BCUT2D eigenvalue weighted by Gasteiger charge is 2.25. The number of amides is 1. The van der Waals surface area contributed by atoms with E-state index in [1.54, 1.807) is 0 Å². The van der Waals surface area contributed by atoms with Gasteiger partial charge in [0.2, 0.25) is 0 Å². The lowest BCUT2D eigenvalue weighted by Gasteiger charge is -2.17. The maximum atomic E-state index is 12.2. The molecular formula is C13H19ClN2O. The van der Waals surface area contributed by atoms with Crippen LogP contribution < -0.4 is 5.73 Å². The first-order valence-corrected chi connectivity index (χ1v) is 5.70. The van der Waals surface area contributed by atoms with E-state index in [0.717, 1.165) is 29.7 Å². The normalized spacial score (nSPS) is 19.0. The maximum absolute atomic E-state index is 12.2. The second kappa shape index (κ2) is 5.52. The molecule has 1 atom stereocenters. The average Bonchev–Trinajstić information content (AvgIpc) is 2.67. The van der Waals surface area contributed by atoms with Gasteiger partial charge in [-0.1, -0.05) is 17.7 Å². The highest BCUT2D eigenvalue weighted by atomic mass is 35.5. The number of hydrogen-bond acceptors (Lipinski definition) is 2. The van der Waals surface area contributed by atoms with Crippen LogP contribution in [0.3, 0.4) is 0 Å². The molecular weight excluding hydrogens is 236 g/mol.